The van der Waals surface area contributed by atoms with E-state index in [-0.39, 0.29) is 5.41 Å². The summed E-state index contributed by atoms with van der Waals surface area (Å²) in [4.78, 5) is 9.31. The first kappa shape index (κ1) is 17.6. The number of hydrogen-bond acceptors (Lipinski definition) is 2. The fourth-order valence-electron chi connectivity index (χ4n) is 4.39. The Labute approximate surface area is 137 Å². The van der Waals surface area contributed by atoms with Gasteiger partial charge in [-0.2, -0.15) is 0 Å². The molecule has 0 unspecified atom stereocenters. The number of aliphatic imine (C=N–C) groups is 1. The van der Waals surface area contributed by atoms with Crippen LogP contribution in [0.2, 0.25) is 0 Å². The largest absolute Gasteiger partial charge is 0.356 e. The topological polar surface area (TPSA) is 30.9 Å². The smallest absolute Gasteiger partial charge is 0.193 e. The molecule has 4 nitrogen and oxygen atoms in total. The Bertz CT molecular complexity index is 381. The van der Waals surface area contributed by atoms with Gasteiger partial charge in [-0.3, -0.25) is 4.99 Å². The predicted molar refractivity (Wildman–Crippen MR) is 95.4 cm³/mol. The molecule has 1 spiro atoms. The van der Waals surface area contributed by atoms with E-state index in [9.17, 15) is 0 Å². The highest BCUT2D eigenvalue weighted by molar-refractivity contribution is 5.80. The summed E-state index contributed by atoms with van der Waals surface area (Å²) >= 11 is 0. The Kier molecular flexibility index (Phi) is 5.76. The van der Waals surface area contributed by atoms with Crippen LogP contribution in [-0.2, 0) is 0 Å². The molecule has 0 atom stereocenters. The first-order valence-electron chi connectivity index (χ1n) is 8.96. The number of guanidine groups is 1. The van der Waals surface area contributed by atoms with E-state index in [1.807, 2.05) is 7.05 Å². The van der Waals surface area contributed by atoms with Crippen molar-refractivity contribution in [2.45, 2.75) is 52.4 Å². The fraction of sp³-hybridized carbons (Fsp3) is 0.944. The van der Waals surface area contributed by atoms with Crippen LogP contribution >= 0.6 is 0 Å². The quantitative estimate of drug-likeness (QED) is 0.640. The van der Waals surface area contributed by atoms with Crippen molar-refractivity contribution in [3.8, 4) is 0 Å². The molecule has 1 aliphatic carbocycles. The average molecular weight is 309 g/mol. The van der Waals surface area contributed by atoms with E-state index in [1.54, 1.807) is 0 Å². The minimum absolute atomic E-state index is 0.252. The molecule has 128 valence electrons. The monoisotopic (exact) mass is 308 g/mol. The van der Waals surface area contributed by atoms with Gasteiger partial charge in [0.25, 0.3) is 0 Å². The molecule has 2 rings (SSSR count). The summed E-state index contributed by atoms with van der Waals surface area (Å²) in [5.74, 6) is 1.11. The van der Waals surface area contributed by atoms with Gasteiger partial charge < -0.3 is 15.1 Å². The molecule has 1 heterocycles. The maximum Gasteiger partial charge on any atom is 0.193 e. The summed E-state index contributed by atoms with van der Waals surface area (Å²) in [7, 11) is 6.21. The predicted octanol–water partition coefficient (Wildman–Crippen LogP) is 2.81. The molecule has 0 aromatic rings. The van der Waals surface area contributed by atoms with Gasteiger partial charge in [0.15, 0.2) is 5.96 Å². The van der Waals surface area contributed by atoms with Crippen LogP contribution in [0.5, 0.6) is 0 Å². The zero-order valence-electron chi connectivity index (χ0n) is 15.4. The van der Waals surface area contributed by atoms with E-state index in [1.165, 1.54) is 51.6 Å². The van der Waals surface area contributed by atoms with Crippen LogP contribution < -0.4 is 5.32 Å². The van der Waals surface area contributed by atoms with Crippen LogP contribution in [0.1, 0.15) is 52.4 Å². The van der Waals surface area contributed by atoms with E-state index in [0.717, 1.165) is 19.0 Å². The molecular weight excluding hydrogens is 272 g/mol. The number of nitrogens with zero attached hydrogens (tertiary/aromatic N) is 3. The second-order valence-electron chi connectivity index (χ2n) is 8.53. The van der Waals surface area contributed by atoms with Crippen molar-refractivity contribution in [3.63, 3.8) is 0 Å². The molecule has 22 heavy (non-hydrogen) atoms. The van der Waals surface area contributed by atoms with Crippen LogP contribution in [0.15, 0.2) is 4.99 Å². The van der Waals surface area contributed by atoms with Gasteiger partial charge in [0.05, 0.1) is 0 Å². The molecule has 0 radical (unpaired) electrons. The molecule has 1 N–H and O–H groups in total. The Morgan fingerprint density at radius 1 is 1.18 bits per heavy atom. The van der Waals surface area contributed by atoms with Crippen LogP contribution in [0.3, 0.4) is 0 Å². The molecule has 2 aliphatic rings. The maximum absolute atomic E-state index is 4.55. The van der Waals surface area contributed by atoms with E-state index >= 15 is 0 Å². The molecule has 0 aromatic carbocycles. The Morgan fingerprint density at radius 3 is 2.45 bits per heavy atom. The van der Waals surface area contributed by atoms with Crippen LogP contribution in [0.4, 0.5) is 0 Å². The van der Waals surface area contributed by atoms with Crippen molar-refractivity contribution >= 4 is 5.96 Å². The van der Waals surface area contributed by atoms with Crippen LogP contribution in [-0.4, -0.2) is 63.1 Å². The molecule has 0 amide bonds. The van der Waals surface area contributed by atoms with E-state index in [2.05, 4.69) is 48.1 Å². The first-order chi connectivity index (χ1) is 10.4. The number of rotatable bonds is 4. The highest BCUT2D eigenvalue weighted by atomic mass is 15.3. The molecule has 0 aromatic heterocycles. The fourth-order valence-corrected chi connectivity index (χ4v) is 4.39. The van der Waals surface area contributed by atoms with Crippen LogP contribution in [0.25, 0.3) is 0 Å². The molecule has 1 saturated heterocycles. The van der Waals surface area contributed by atoms with Gasteiger partial charge in [0, 0.05) is 33.2 Å². The van der Waals surface area contributed by atoms with Crippen molar-refractivity contribution in [3.05, 3.63) is 0 Å². The molecule has 1 aliphatic heterocycles. The third-order valence-electron chi connectivity index (χ3n) is 5.33. The summed E-state index contributed by atoms with van der Waals surface area (Å²) in [5, 5.41) is 3.63. The Hall–Kier alpha value is -0.770. The minimum atomic E-state index is 0.252. The summed E-state index contributed by atoms with van der Waals surface area (Å²) in [6.07, 6.45) is 8.49. The summed E-state index contributed by atoms with van der Waals surface area (Å²) in [5.41, 5.74) is 0.844. The normalized spacial score (nSPS) is 22.6. The lowest BCUT2D eigenvalue weighted by Crippen LogP contribution is -2.46. The number of likely N-dealkylation sites (tertiary alicyclic amines) is 1. The lowest BCUT2D eigenvalue weighted by Gasteiger charge is -2.34. The van der Waals surface area contributed by atoms with Crippen molar-refractivity contribution in [1.82, 2.24) is 15.1 Å². The lowest BCUT2D eigenvalue weighted by atomic mass is 9.73. The zero-order valence-corrected chi connectivity index (χ0v) is 15.4. The molecule has 2 fully saturated rings. The number of hydrogen-bond donors (Lipinski definition) is 1. The van der Waals surface area contributed by atoms with Crippen LogP contribution in [0, 0.1) is 10.8 Å². The Morgan fingerprint density at radius 2 is 1.86 bits per heavy atom. The molecular formula is C18H36N4. The second kappa shape index (κ2) is 7.20. The molecule has 4 heteroatoms. The zero-order chi connectivity index (χ0) is 16.2. The second-order valence-corrected chi connectivity index (χ2v) is 8.53. The van der Waals surface area contributed by atoms with Gasteiger partial charge in [-0.1, -0.05) is 33.1 Å². The van der Waals surface area contributed by atoms with Gasteiger partial charge >= 0.3 is 0 Å². The van der Waals surface area contributed by atoms with Gasteiger partial charge in [-0.15, -0.1) is 0 Å². The van der Waals surface area contributed by atoms with E-state index in [4.69, 9.17) is 0 Å². The number of nitrogens with one attached hydrogen (secondary N) is 1. The maximum atomic E-state index is 4.55. The molecule has 0 bridgehead atoms. The third-order valence-corrected chi connectivity index (χ3v) is 5.33. The van der Waals surface area contributed by atoms with Gasteiger partial charge in [0.1, 0.15) is 0 Å². The SMILES string of the molecule is CN=C(NCC(C)(C)CN(C)C)N1CCC2(CCCCC2)C1. The van der Waals surface area contributed by atoms with Crippen molar-refractivity contribution in [1.29, 1.82) is 0 Å². The Balaban J connectivity index is 1.87. The lowest BCUT2D eigenvalue weighted by molar-refractivity contribution is 0.202. The van der Waals surface area contributed by atoms with Crippen molar-refractivity contribution < 1.29 is 0 Å². The van der Waals surface area contributed by atoms with Gasteiger partial charge in [-0.05, 0) is 44.2 Å². The van der Waals surface area contributed by atoms with Crippen molar-refractivity contribution in [2.24, 2.45) is 15.8 Å². The summed E-state index contributed by atoms with van der Waals surface area (Å²) < 4.78 is 0. The summed E-state index contributed by atoms with van der Waals surface area (Å²) in [6, 6.07) is 0. The molecule has 1 saturated carbocycles. The van der Waals surface area contributed by atoms with E-state index < -0.39 is 0 Å². The first-order valence-corrected chi connectivity index (χ1v) is 8.96. The summed E-state index contributed by atoms with van der Waals surface area (Å²) in [6.45, 7) is 9.08. The standard InChI is InChI=1S/C18H36N4/c1-17(2,14-21(4)5)13-20-16(19-3)22-12-11-18(15-22)9-7-6-8-10-18/h6-15H2,1-5H3,(H,19,20). The average Bonchev–Trinajstić information content (AvgIpc) is 2.82. The third kappa shape index (κ3) is 4.61. The highest BCUT2D eigenvalue weighted by Crippen LogP contribution is 2.43. The van der Waals surface area contributed by atoms with Crippen molar-refractivity contribution in [2.75, 3.05) is 47.3 Å². The van der Waals surface area contributed by atoms with Gasteiger partial charge in [0.2, 0.25) is 0 Å². The van der Waals surface area contributed by atoms with Gasteiger partial charge in [-0.25, -0.2) is 0 Å². The highest BCUT2D eigenvalue weighted by Gasteiger charge is 2.39. The van der Waals surface area contributed by atoms with E-state index in [0.29, 0.717) is 5.41 Å². The minimum Gasteiger partial charge on any atom is -0.356 e.